The number of pyridine rings is 2. The predicted octanol–water partition coefficient (Wildman–Crippen LogP) is 6.08. The van der Waals surface area contributed by atoms with Crippen LogP contribution in [0.25, 0.3) is 11.1 Å². The highest BCUT2D eigenvalue weighted by molar-refractivity contribution is 5.70. The van der Waals surface area contributed by atoms with Crippen molar-refractivity contribution in [3.8, 4) is 22.9 Å². The first-order valence-corrected chi connectivity index (χ1v) is 13.3. The van der Waals surface area contributed by atoms with E-state index in [0.29, 0.717) is 37.3 Å². The second-order valence-corrected chi connectivity index (χ2v) is 9.67. The number of hydrogen-bond donors (Lipinski definition) is 0. The molecule has 5 rings (SSSR count). The topological polar surface area (TPSA) is 73.8 Å². The summed E-state index contributed by atoms with van der Waals surface area (Å²) in [6.07, 6.45) is 4.25. The zero-order valence-corrected chi connectivity index (χ0v) is 22.2. The van der Waals surface area contributed by atoms with E-state index in [4.69, 9.17) is 24.2 Å². The van der Waals surface area contributed by atoms with Crippen LogP contribution in [0.5, 0.6) is 11.8 Å². The molecule has 3 heterocycles. The van der Waals surface area contributed by atoms with Gasteiger partial charge in [0, 0.05) is 42.9 Å². The van der Waals surface area contributed by atoms with Crippen molar-refractivity contribution >= 4 is 11.8 Å². The molecule has 200 valence electrons. The van der Waals surface area contributed by atoms with Crippen molar-refractivity contribution in [2.75, 3.05) is 25.1 Å². The zero-order chi connectivity index (χ0) is 26.9. The van der Waals surface area contributed by atoms with Gasteiger partial charge in [-0.2, -0.15) is 4.98 Å². The number of esters is 1. The number of piperidine rings is 1. The first kappa shape index (κ1) is 26.2. The molecule has 0 N–H and O–H groups in total. The van der Waals surface area contributed by atoms with Gasteiger partial charge < -0.3 is 19.1 Å². The summed E-state index contributed by atoms with van der Waals surface area (Å²) < 4.78 is 17.0. The quantitative estimate of drug-likeness (QED) is 0.233. The third kappa shape index (κ3) is 7.13. The molecule has 39 heavy (non-hydrogen) atoms. The predicted molar refractivity (Wildman–Crippen MR) is 151 cm³/mol. The molecule has 0 unspecified atom stereocenters. The van der Waals surface area contributed by atoms with E-state index >= 15 is 0 Å². The highest BCUT2D eigenvalue weighted by atomic mass is 16.5. The van der Waals surface area contributed by atoms with Gasteiger partial charge in [0.05, 0.1) is 7.11 Å². The van der Waals surface area contributed by atoms with Gasteiger partial charge in [-0.25, -0.2) is 4.98 Å². The number of rotatable bonds is 10. The van der Waals surface area contributed by atoms with Gasteiger partial charge in [0.25, 0.3) is 0 Å². The van der Waals surface area contributed by atoms with Crippen LogP contribution in [0.3, 0.4) is 0 Å². The van der Waals surface area contributed by atoms with Crippen molar-refractivity contribution in [2.45, 2.75) is 32.5 Å². The summed E-state index contributed by atoms with van der Waals surface area (Å²) in [5, 5.41) is 0. The van der Waals surface area contributed by atoms with Crippen LogP contribution >= 0.6 is 0 Å². The minimum absolute atomic E-state index is 0.133. The molecule has 0 bridgehead atoms. The van der Waals surface area contributed by atoms with Crippen LogP contribution in [0.1, 0.15) is 30.4 Å². The lowest BCUT2D eigenvalue weighted by Gasteiger charge is -2.32. The van der Waals surface area contributed by atoms with E-state index in [1.165, 1.54) is 7.11 Å². The summed E-state index contributed by atoms with van der Waals surface area (Å²) in [5.74, 6) is 2.17. The minimum Gasteiger partial charge on any atom is -0.473 e. The summed E-state index contributed by atoms with van der Waals surface area (Å²) in [4.78, 5) is 23.3. The minimum atomic E-state index is -0.133. The number of aromatic nitrogens is 2. The highest BCUT2D eigenvalue weighted by Gasteiger charge is 2.23. The Kier molecular flexibility index (Phi) is 8.68. The Hall–Kier alpha value is -4.39. The third-order valence-electron chi connectivity index (χ3n) is 6.96. The monoisotopic (exact) mass is 523 g/mol. The SMILES string of the molecule is COC(=O)CC1CCN(c2ccc(-c3ccc(OCc4ccccc4)nc3OCc3ccccc3)cn2)CC1. The molecule has 1 aliphatic heterocycles. The van der Waals surface area contributed by atoms with Crippen molar-refractivity contribution in [2.24, 2.45) is 5.92 Å². The molecule has 0 amide bonds. The van der Waals surface area contributed by atoms with Crippen LogP contribution in [0, 0.1) is 5.92 Å². The first-order chi connectivity index (χ1) is 19.2. The zero-order valence-electron chi connectivity index (χ0n) is 22.2. The normalized spacial score (nSPS) is 13.6. The Morgan fingerprint density at radius 3 is 2.13 bits per heavy atom. The van der Waals surface area contributed by atoms with Gasteiger partial charge in [-0.15, -0.1) is 0 Å². The molecule has 4 aromatic rings. The molecule has 7 heteroatoms. The molecule has 1 fully saturated rings. The maximum atomic E-state index is 11.6. The van der Waals surface area contributed by atoms with Crippen LogP contribution < -0.4 is 14.4 Å². The van der Waals surface area contributed by atoms with E-state index in [2.05, 4.69) is 11.0 Å². The summed E-state index contributed by atoms with van der Waals surface area (Å²) >= 11 is 0. The Balaban J connectivity index is 1.30. The standard InChI is InChI=1S/C32H33N3O4/c1-37-31(36)20-24-16-18-35(19-17-24)29-14-12-27(21-33-29)28-13-15-30(38-22-25-8-4-2-5-9-25)34-32(28)39-23-26-10-6-3-7-11-26/h2-15,21,24H,16-20,22-23H2,1H3. The number of nitrogens with zero attached hydrogens (tertiary/aromatic N) is 3. The molecule has 1 saturated heterocycles. The molecule has 0 aliphatic carbocycles. The number of benzene rings is 2. The van der Waals surface area contributed by atoms with E-state index in [1.54, 1.807) is 0 Å². The number of methoxy groups -OCH3 is 1. The van der Waals surface area contributed by atoms with Gasteiger partial charge in [0.15, 0.2) is 0 Å². The second kappa shape index (κ2) is 12.9. The fourth-order valence-corrected chi connectivity index (χ4v) is 4.71. The lowest BCUT2D eigenvalue weighted by atomic mass is 9.93. The lowest BCUT2D eigenvalue weighted by Crippen LogP contribution is -2.34. The molecule has 2 aromatic heterocycles. The van der Waals surface area contributed by atoms with E-state index < -0.39 is 0 Å². The number of anilines is 1. The largest absolute Gasteiger partial charge is 0.473 e. The van der Waals surface area contributed by atoms with E-state index in [0.717, 1.165) is 54.0 Å². The summed E-state index contributed by atoms with van der Waals surface area (Å²) in [6, 6.07) is 28.0. The fourth-order valence-electron chi connectivity index (χ4n) is 4.71. The highest BCUT2D eigenvalue weighted by Crippen LogP contribution is 2.32. The number of hydrogen-bond acceptors (Lipinski definition) is 7. The smallest absolute Gasteiger partial charge is 0.305 e. The Bertz CT molecular complexity index is 1340. The average Bonchev–Trinajstić information content (AvgIpc) is 3.00. The van der Waals surface area contributed by atoms with Crippen molar-refractivity contribution in [1.82, 2.24) is 9.97 Å². The maximum Gasteiger partial charge on any atom is 0.305 e. The average molecular weight is 524 g/mol. The van der Waals surface area contributed by atoms with Crippen LogP contribution in [-0.4, -0.2) is 36.1 Å². The summed E-state index contributed by atoms with van der Waals surface area (Å²) in [5.41, 5.74) is 3.91. The molecule has 0 atom stereocenters. The number of carbonyl (C=O) groups excluding carboxylic acids is 1. The van der Waals surface area contributed by atoms with Crippen molar-refractivity contribution < 1.29 is 19.0 Å². The van der Waals surface area contributed by atoms with E-state index in [9.17, 15) is 4.79 Å². The van der Waals surface area contributed by atoms with Gasteiger partial charge in [-0.3, -0.25) is 4.79 Å². The van der Waals surface area contributed by atoms with Crippen LogP contribution in [0.4, 0.5) is 5.82 Å². The first-order valence-electron chi connectivity index (χ1n) is 13.3. The number of ether oxygens (including phenoxy) is 3. The summed E-state index contributed by atoms with van der Waals surface area (Å²) in [6.45, 7) is 2.57. The Labute approximate surface area is 229 Å². The van der Waals surface area contributed by atoms with Crippen LogP contribution in [0.2, 0.25) is 0 Å². The van der Waals surface area contributed by atoms with Crippen molar-refractivity contribution in [3.63, 3.8) is 0 Å². The van der Waals surface area contributed by atoms with E-state index in [-0.39, 0.29) is 5.97 Å². The third-order valence-corrected chi connectivity index (χ3v) is 6.96. The molecule has 7 nitrogen and oxygen atoms in total. The van der Waals surface area contributed by atoms with Gasteiger partial charge in [-0.1, -0.05) is 60.7 Å². The van der Waals surface area contributed by atoms with Gasteiger partial charge in [0.1, 0.15) is 19.0 Å². The number of carbonyl (C=O) groups is 1. The fraction of sp³-hybridized carbons (Fsp3) is 0.281. The van der Waals surface area contributed by atoms with Crippen LogP contribution in [-0.2, 0) is 22.7 Å². The van der Waals surface area contributed by atoms with Crippen LogP contribution in [0.15, 0.2) is 91.1 Å². The van der Waals surface area contributed by atoms with Gasteiger partial charge >= 0.3 is 5.97 Å². The molecule has 0 saturated carbocycles. The molecule has 2 aromatic carbocycles. The molecular formula is C32H33N3O4. The van der Waals surface area contributed by atoms with Crippen molar-refractivity contribution in [1.29, 1.82) is 0 Å². The van der Waals surface area contributed by atoms with Gasteiger partial charge in [0.2, 0.25) is 11.8 Å². The molecular weight excluding hydrogens is 490 g/mol. The molecule has 0 spiro atoms. The van der Waals surface area contributed by atoms with E-state index in [1.807, 2.05) is 85.1 Å². The molecule has 1 aliphatic rings. The Morgan fingerprint density at radius 2 is 1.51 bits per heavy atom. The van der Waals surface area contributed by atoms with Crippen molar-refractivity contribution in [3.05, 3.63) is 102 Å². The lowest BCUT2D eigenvalue weighted by molar-refractivity contribution is -0.141. The molecule has 0 radical (unpaired) electrons. The second-order valence-electron chi connectivity index (χ2n) is 9.67. The Morgan fingerprint density at radius 1 is 0.846 bits per heavy atom. The summed E-state index contributed by atoms with van der Waals surface area (Å²) in [7, 11) is 1.45. The maximum absolute atomic E-state index is 11.6. The van der Waals surface area contributed by atoms with Gasteiger partial charge in [-0.05, 0) is 48.1 Å².